The van der Waals surface area contributed by atoms with E-state index in [0.717, 1.165) is 27.8 Å². The van der Waals surface area contributed by atoms with Crippen LogP contribution in [0.3, 0.4) is 0 Å². The van der Waals surface area contributed by atoms with Crippen molar-refractivity contribution in [1.82, 2.24) is 5.32 Å². The van der Waals surface area contributed by atoms with Gasteiger partial charge < -0.3 is 15.0 Å². The summed E-state index contributed by atoms with van der Waals surface area (Å²) in [4.78, 5) is 14.4. The van der Waals surface area contributed by atoms with E-state index < -0.39 is 0 Å². The molecule has 0 fully saturated rings. The fraction of sp³-hybridized carbons (Fsp3) is 0.190. The molecule has 0 aromatic heterocycles. The summed E-state index contributed by atoms with van der Waals surface area (Å²) in [6.45, 7) is 0.493. The van der Waals surface area contributed by atoms with E-state index in [1.165, 1.54) is 0 Å². The van der Waals surface area contributed by atoms with Gasteiger partial charge in [-0.1, -0.05) is 24.3 Å². The first-order chi connectivity index (χ1) is 12.1. The molecule has 1 N–H and O–H groups in total. The topological polar surface area (TPSA) is 41.6 Å². The number of nitrogens with one attached hydrogen (secondary N) is 1. The molecule has 0 saturated heterocycles. The van der Waals surface area contributed by atoms with Crippen molar-refractivity contribution < 1.29 is 9.53 Å². The molecule has 4 nitrogen and oxygen atoms in total. The largest absolute Gasteiger partial charge is 0.497 e. The fourth-order valence-corrected chi connectivity index (χ4v) is 2.72. The quantitative estimate of drug-likeness (QED) is 0.771. The van der Waals surface area contributed by atoms with E-state index in [9.17, 15) is 4.79 Å². The maximum absolute atomic E-state index is 12.4. The SMILES string of the molecule is COc1ccc2cc(CNC(=O)c3cccc(N(C)C)c3)ccc2c1. The molecule has 1 amide bonds. The lowest BCUT2D eigenvalue weighted by atomic mass is 10.1. The van der Waals surface area contributed by atoms with E-state index >= 15 is 0 Å². The first kappa shape index (κ1) is 16.8. The van der Waals surface area contributed by atoms with Crippen molar-refractivity contribution in [3.8, 4) is 5.75 Å². The molecule has 0 heterocycles. The van der Waals surface area contributed by atoms with Crippen LogP contribution in [-0.2, 0) is 6.54 Å². The molecule has 0 spiro atoms. The number of hydrogen-bond acceptors (Lipinski definition) is 3. The normalized spacial score (nSPS) is 10.5. The van der Waals surface area contributed by atoms with Crippen LogP contribution >= 0.6 is 0 Å². The lowest BCUT2D eigenvalue weighted by molar-refractivity contribution is 0.0951. The van der Waals surface area contributed by atoms with Crippen molar-refractivity contribution >= 4 is 22.4 Å². The lowest BCUT2D eigenvalue weighted by Crippen LogP contribution is -2.23. The zero-order valence-electron chi connectivity index (χ0n) is 14.7. The van der Waals surface area contributed by atoms with E-state index in [4.69, 9.17) is 4.74 Å². The Bertz CT molecular complexity index is 903. The molecule has 0 bridgehead atoms. The second-order valence-corrected chi connectivity index (χ2v) is 6.17. The minimum atomic E-state index is -0.0708. The van der Waals surface area contributed by atoms with Crippen molar-refractivity contribution in [3.05, 3.63) is 71.8 Å². The second kappa shape index (κ2) is 7.26. The predicted octanol–water partition coefficient (Wildman–Crippen LogP) is 3.84. The van der Waals surface area contributed by atoms with Gasteiger partial charge in [0.05, 0.1) is 7.11 Å². The monoisotopic (exact) mass is 334 g/mol. The highest BCUT2D eigenvalue weighted by Crippen LogP contribution is 2.22. The van der Waals surface area contributed by atoms with E-state index in [-0.39, 0.29) is 5.91 Å². The summed E-state index contributed by atoms with van der Waals surface area (Å²) in [7, 11) is 5.58. The van der Waals surface area contributed by atoms with Gasteiger partial charge in [0.2, 0.25) is 0 Å². The van der Waals surface area contributed by atoms with Crippen LogP contribution in [0.1, 0.15) is 15.9 Å². The Hall–Kier alpha value is -3.01. The van der Waals surface area contributed by atoms with Gasteiger partial charge in [-0.15, -0.1) is 0 Å². The Labute approximate surface area is 148 Å². The van der Waals surface area contributed by atoms with Gasteiger partial charge in [-0.2, -0.15) is 0 Å². The van der Waals surface area contributed by atoms with E-state index in [1.807, 2.05) is 73.6 Å². The van der Waals surface area contributed by atoms with Crippen LogP contribution < -0.4 is 15.0 Å². The average molecular weight is 334 g/mol. The van der Waals surface area contributed by atoms with Gasteiger partial charge >= 0.3 is 0 Å². The van der Waals surface area contributed by atoms with Crippen LogP contribution in [0.4, 0.5) is 5.69 Å². The molecule has 128 valence electrons. The van der Waals surface area contributed by atoms with Crippen LogP contribution in [0.15, 0.2) is 60.7 Å². The summed E-state index contributed by atoms with van der Waals surface area (Å²) in [5, 5.41) is 5.23. The summed E-state index contributed by atoms with van der Waals surface area (Å²) in [6, 6.07) is 19.7. The maximum Gasteiger partial charge on any atom is 0.251 e. The zero-order chi connectivity index (χ0) is 17.8. The summed E-state index contributed by atoms with van der Waals surface area (Å²) < 4.78 is 5.25. The number of nitrogens with zero attached hydrogens (tertiary/aromatic N) is 1. The highest BCUT2D eigenvalue weighted by molar-refractivity contribution is 5.95. The first-order valence-electron chi connectivity index (χ1n) is 8.19. The van der Waals surface area contributed by atoms with Gasteiger partial charge in [-0.05, 0) is 52.7 Å². The zero-order valence-corrected chi connectivity index (χ0v) is 14.7. The van der Waals surface area contributed by atoms with Crippen LogP contribution in [0.5, 0.6) is 5.75 Å². The number of ether oxygens (including phenoxy) is 1. The molecule has 0 aliphatic rings. The molecule has 0 radical (unpaired) electrons. The van der Waals surface area contributed by atoms with Crippen molar-refractivity contribution in [2.75, 3.05) is 26.1 Å². The molecule has 3 aromatic rings. The summed E-state index contributed by atoms with van der Waals surface area (Å²) in [6.07, 6.45) is 0. The Morgan fingerprint density at radius 3 is 2.52 bits per heavy atom. The smallest absolute Gasteiger partial charge is 0.251 e. The van der Waals surface area contributed by atoms with Crippen molar-refractivity contribution in [2.24, 2.45) is 0 Å². The molecule has 0 atom stereocenters. The molecule has 4 heteroatoms. The van der Waals surface area contributed by atoms with E-state index in [2.05, 4.69) is 11.4 Å². The third-order valence-electron chi connectivity index (χ3n) is 4.19. The molecule has 0 saturated carbocycles. The number of benzene rings is 3. The Morgan fingerprint density at radius 1 is 1.00 bits per heavy atom. The molecule has 0 unspecified atom stereocenters. The highest BCUT2D eigenvalue weighted by atomic mass is 16.5. The maximum atomic E-state index is 12.4. The summed E-state index contributed by atoms with van der Waals surface area (Å²) >= 11 is 0. The van der Waals surface area contributed by atoms with Crippen molar-refractivity contribution in [1.29, 1.82) is 0 Å². The Balaban J connectivity index is 1.71. The Kier molecular flexibility index (Phi) is 4.89. The molecular weight excluding hydrogens is 312 g/mol. The van der Waals surface area contributed by atoms with E-state index in [1.54, 1.807) is 7.11 Å². The third-order valence-corrected chi connectivity index (χ3v) is 4.19. The molecule has 3 rings (SSSR count). The van der Waals surface area contributed by atoms with E-state index in [0.29, 0.717) is 12.1 Å². The number of fused-ring (bicyclic) bond motifs is 1. The number of methoxy groups -OCH3 is 1. The molecule has 25 heavy (non-hydrogen) atoms. The number of carbonyl (C=O) groups excluding carboxylic acids is 1. The molecular formula is C21H22N2O2. The van der Waals surface area contributed by atoms with Crippen molar-refractivity contribution in [2.45, 2.75) is 6.54 Å². The van der Waals surface area contributed by atoms with Gasteiger partial charge in [-0.25, -0.2) is 0 Å². The third kappa shape index (κ3) is 3.91. The van der Waals surface area contributed by atoms with Gasteiger partial charge in [-0.3, -0.25) is 4.79 Å². The molecule has 0 aliphatic heterocycles. The summed E-state index contributed by atoms with van der Waals surface area (Å²) in [5.41, 5.74) is 2.74. The van der Waals surface area contributed by atoms with Gasteiger partial charge in [0.15, 0.2) is 0 Å². The molecule has 0 aliphatic carbocycles. The number of rotatable bonds is 5. The van der Waals surface area contributed by atoms with Crippen molar-refractivity contribution in [3.63, 3.8) is 0 Å². The van der Waals surface area contributed by atoms with Crippen LogP contribution in [0, 0.1) is 0 Å². The molecule has 3 aromatic carbocycles. The van der Waals surface area contributed by atoms with Gasteiger partial charge in [0.25, 0.3) is 5.91 Å². The predicted molar refractivity (Wildman–Crippen MR) is 102 cm³/mol. The number of amides is 1. The first-order valence-corrected chi connectivity index (χ1v) is 8.19. The van der Waals surface area contributed by atoms with Gasteiger partial charge in [0, 0.05) is 31.9 Å². The number of carbonyl (C=O) groups is 1. The van der Waals surface area contributed by atoms with Gasteiger partial charge in [0.1, 0.15) is 5.75 Å². The lowest BCUT2D eigenvalue weighted by Gasteiger charge is -2.13. The second-order valence-electron chi connectivity index (χ2n) is 6.17. The number of anilines is 1. The Morgan fingerprint density at radius 2 is 1.76 bits per heavy atom. The highest BCUT2D eigenvalue weighted by Gasteiger charge is 2.07. The standard InChI is InChI=1S/C21H22N2O2/c1-23(2)19-6-4-5-18(12-19)21(24)22-14-15-7-8-17-13-20(25-3)10-9-16(17)11-15/h4-13H,14H2,1-3H3,(H,22,24). The van der Waals surface area contributed by atoms with Crippen LogP contribution in [0.25, 0.3) is 10.8 Å². The van der Waals surface area contributed by atoms with Crippen LogP contribution in [-0.4, -0.2) is 27.1 Å². The average Bonchev–Trinajstić information content (AvgIpc) is 2.65. The minimum absolute atomic E-state index is 0.0708. The minimum Gasteiger partial charge on any atom is -0.497 e. The van der Waals surface area contributed by atoms with Crippen LogP contribution in [0.2, 0.25) is 0 Å². The summed E-state index contributed by atoms with van der Waals surface area (Å²) in [5.74, 6) is 0.771. The fourth-order valence-electron chi connectivity index (χ4n) is 2.72. The number of hydrogen-bond donors (Lipinski definition) is 1.